The van der Waals surface area contributed by atoms with Crippen molar-refractivity contribution >= 4 is 0 Å². The molecule has 0 heterocycles. The average molecular weight is 524 g/mol. The fourth-order valence-electron chi connectivity index (χ4n) is 5.26. The summed E-state index contributed by atoms with van der Waals surface area (Å²) < 4.78 is 0. The highest BCUT2D eigenvalue weighted by molar-refractivity contribution is 4.57. The second-order valence-electron chi connectivity index (χ2n) is 11.7. The summed E-state index contributed by atoms with van der Waals surface area (Å²) in [6, 6.07) is 0. The van der Waals surface area contributed by atoms with Crippen LogP contribution in [-0.4, -0.2) is 39.3 Å². The Morgan fingerprint density at radius 3 is 0.649 bits per heavy atom. The molecule has 224 valence electrons. The molecular formula is C34H73N3. The van der Waals surface area contributed by atoms with Crippen molar-refractivity contribution in [1.82, 2.24) is 16.0 Å². The second kappa shape index (κ2) is 35.9. The van der Waals surface area contributed by atoms with Crippen molar-refractivity contribution in [2.45, 2.75) is 181 Å². The third-order valence-corrected chi connectivity index (χ3v) is 7.87. The first-order valence-electron chi connectivity index (χ1n) is 17.5. The van der Waals surface area contributed by atoms with Gasteiger partial charge in [-0.25, -0.2) is 0 Å². The van der Waals surface area contributed by atoms with E-state index in [1.807, 2.05) is 0 Å². The summed E-state index contributed by atoms with van der Waals surface area (Å²) in [6.07, 6.45) is 37.4. The van der Waals surface area contributed by atoms with E-state index in [9.17, 15) is 0 Å². The van der Waals surface area contributed by atoms with Crippen LogP contribution in [0.3, 0.4) is 0 Å². The van der Waals surface area contributed by atoms with Crippen LogP contribution in [0, 0.1) is 0 Å². The summed E-state index contributed by atoms with van der Waals surface area (Å²) in [5.41, 5.74) is 0. The third kappa shape index (κ3) is 35.9. The van der Waals surface area contributed by atoms with E-state index in [0.717, 1.165) is 26.2 Å². The Morgan fingerprint density at radius 2 is 0.405 bits per heavy atom. The van der Waals surface area contributed by atoms with Gasteiger partial charge < -0.3 is 16.0 Å². The molecule has 0 fully saturated rings. The molecular weight excluding hydrogens is 450 g/mol. The first-order chi connectivity index (χ1) is 18.4. The smallest absolute Gasteiger partial charge is 0.00772 e. The minimum atomic E-state index is 1.10. The van der Waals surface area contributed by atoms with Gasteiger partial charge in [0.25, 0.3) is 0 Å². The molecule has 0 radical (unpaired) electrons. The monoisotopic (exact) mass is 524 g/mol. The van der Waals surface area contributed by atoms with Crippen molar-refractivity contribution in [3.05, 3.63) is 0 Å². The summed E-state index contributed by atoms with van der Waals surface area (Å²) in [7, 11) is 0. The lowest BCUT2D eigenvalue weighted by atomic mass is 10.0. The van der Waals surface area contributed by atoms with Crippen LogP contribution >= 0.6 is 0 Å². The average Bonchev–Trinajstić information content (AvgIpc) is 2.91. The first-order valence-corrected chi connectivity index (χ1v) is 17.5. The first kappa shape index (κ1) is 36.9. The maximum Gasteiger partial charge on any atom is 0.00772 e. The Kier molecular flexibility index (Phi) is 35.8. The van der Waals surface area contributed by atoms with Gasteiger partial charge in [-0.3, -0.25) is 0 Å². The van der Waals surface area contributed by atoms with Crippen LogP contribution in [0.2, 0.25) is 0 Å². The molecule has 0 saturated carbocycles. The Morgan fingerprint density at radius 1 is 0.216 bits per heavy atom. The number of hydrogen-bond acceptors (Lipinski definition) is 3. The SMILES string of the molecule is CCCCCCCCCCCCCCCCCCNCCNCCNCCCCCCCCCCCC. The maximum absolute atomic E-state index is 3.60. The number of unbranched alkanes of at least 4 members (excludes halogenated alkanes) is 24. The van der Waals surface area contributed by atoms with Gasteiger partial charge in [0.15, 0.2) is 0 Å². The molecule has 0 unspecified atom stereocenters. The van der Waals surface area contributed by atoms with E-state index in [0.29, 0.717) is 0 Å². The molecule has 3 heteroatoms. The molecule has 3 N–H and O–H groups in total. The normalized spacial score (nSPS) is 11.5. The summed E-state index contributed by atoms with van der Waals surface area (Å²) in [5, 5.41) is 10.7. The maximum atomic E-state index is 3.60. The fourth-order valence-corrected chi connectivity index (χ4v) is 5.26. The van der Waals surface area contributed by atoms with Crippen LogP contribution in [0.15, 0.2) is 0 Å². The molecule has 0 spiro atoms. The molecule has 0 aliphatic carbocycles. The molecule has 0 saturated heterocycles. The van der Waals surface area contributed by atoms with Crippen LogP contribution in [0.1, 0.15) is 181 Å². The van der Waals surface area contributed by atoms with Gasteiger partial charge in [-0.05, 0) is 25.9 Å². The molecule has 0 aliphatic heterocycles. The highest BCUT2D eigenvalue weighted by Gasteiger charge is 1.96. The molecule has 37 heavy (non-hydrogen) atoms. The molecule has 0 amide bonds. The van der Waals surface area contributed by atoms with E-state index in [2.05, 4.69) is 29.8 Å². The second-order valence-corrected chi connectivity index (χ2v) is 11.7. The Bertz CT molecular complexity index is 340. The molecule has 0 bridgehead atoms. The van der Waals surface area contributed by atoms with E-state index in [1.54, 1.807) is 0 Å². The van der Waals surface area contributed by atoms with E-state index in [1.165, 1.54) is 180 Å². The van der Waals surface area contributed by atoms with Crippen LogP contribution in [-0.2, 0) is 0 Å². The van der Waals surface area contributed by atoms with Crippen molar-refractivity contribution in [3.63, 3.8) is 0 Å². The Balaban J connectivity index is 3.00. The molecule has 0 aromatic heterocycles. The van der Waals surface area contributed by atoms with E-state index < -0.39 is 0 Å². The number of hydrogen-bond donors (Lipinski definition) is 3. The lowest BCUT2D eigenvalue weighted by Crippen LogP contribution is -2.33. The highest BCUT2D eigenvalue weighted by atomic mass is 15.0. The van der Waals surface area contributed by atoms with Crippen LogP contribution in [0.25, 0.3) is 0 Å². The molecule has 0 atom stereocenters. The predicted octanol–water partition coefficient (Wildman–Crippen LogP) is 9.94. The zero-order valence-corrected chi connectivity index (χ0v) is 26.1. The molecule has 0 aromatic rings. The number of rotatable bonds is 34. The van der Waals surface area contributed by atoms with Gasteiger partial charge in [-0.1, -0.05) is 168 Å². The quantitative estimate of drug-likeness (QED) is 0.0734. The minimum absolute atomic E-state index is 1.10. The predicted molar refractivity (Wildman–Crippen MR) is 170 cm³/mol. The lowest BCUT2D eigenvalue weighted by molar-refractivity contribution is 0.521. The van der Waals surface area contributed by atoms with Crippen molar-refractivity contribution in [2.75, 3.05) is 39.3 Å². The highest BCUT2D eigenvalue weighted by Crippen LogP contribution is 2.14. The van der Waals surface area contributed by atoms with Gasteiger partial charge in [-0.15, -0.1) is 0 Å². The Labute approximate surface area is 235 Å². The van der Waals surface area contributed by atoms with Gasteiger partial charge in [0.2, 0.25) is 0 Å². The molecule has 0 rings (SSSR count). The van der Waals surface area contributed by atoms with Crippen LogP contribution < -0.4 is 16.0 Å². The third-order valence-electron chi connectivity index (χ3n) is 7.87. The fraction of sp³-hybridized carbons (Fsp3) is 1.00. The summed E-state index contributed by atoms with van der Waals surface area (Å²) in [6.45, 7) is 11.4. The van der Waals surface area contributed by atoms with E-state index in [-0.39, 0.29) is 0 Å². The standard InChI is InChI=1S/C34H73N3/c1-3-5-7-9-11-13-15-16-17-18-19-20-22-24-26-28-30-36-32-34-37-33-31-35-29-27-25-23-21-14-12-10-8-6-4-2/h35-37H,3-34H2,1-2H3. The largest absolute Gasteiger partial charge is 0.315 e. The van der Waals surface area contributed by atoms with E-state index >= 15 is 0 Å². The van der Waals surface area contributed by atoms with Crippen molar-refractivity contribution < 1.29 is 0 Å². The van der Waals surface area contributed by atoms with Gasteiger partial charge in [0.1, 0.15) is 0 Å². The van der Waals surface area contributed by atoms with Crippen LogP contribution in [0.5, 0.6) is 0 Å². The minimum Gasteiger partial charge on any atom is -0.315 e. The Hall–Kier alpha value is -0.120. The topological polar surface area (TPSA) is 36.1 Å². The van der Waals surface area contributed by atoms with Gasteiger partial charge >= 0.3 is 0 Å². The lowest BCUT2D eigenvalue weighted by Gasteiger charge is -2.08. The van der Waals surface area contributed by atoms with E-state index in [4.69, 9.17) is 0 Å². The molecule has 0 aromatic carbocycles. The summed E-state index contributed by atoms with van der Waals surface area (Å²) >= 11 is 0. The summed E-state index contributed by atoms with van der Waals surface area (Å²) in [4.78, 5) is 0. The van der Waals surface area contributed by atoms with Gasteiger partial charge in [0, 0.05) is 26.2 Å². The zero-order chi connectivity index (χ0) is 26.7. The van der Waals surface area contributed by atoms with Crippen LogP contribution in [0.4, 0.5) is 0 Å². The number of nitrogens with one attached hydrogen (secondary N) is 3. The van der Waals surface area contributed by atoms with Crippen molar-refractivity contribution in [1.29, 1.82) is 0 Å². The van der Waals surface area contributed by atoms with Gasteiger partial charge in [-0.2, -0.15) is 0 Å². The molecule has 0 aliphatic rings. The molecule has 3 nitrogen and oxygen atoms in total. The van der Waals surface area contributed by atoms with Gasteiger partial charge in [0.05, 0.1) is 0 Å². The summed E-state index contributed by atoms with van der Waals surface area (Å²) in [5.74, 6) is 0. The zero-order valence-electron chi connectivity index (χ0n) is 26.1. The van der Waals surface area contributed by atoms with Crippen molar-refractivity contribution in [3.8, 4) is 0 Å². The van der Waals surface area contributed by atoms with Crippen molar-refractivity contribution in [2.24, 2.45) is 0 Å².